The monoisotopic (exact) mass is 259 g/mol. The molecule has 0 saturated carbocycles. The molecule has 1 N–H and O–H groups in total. The molecule has 0 aliphatic carbocycles. The first-order valence-corrected chi connectivity index (χ1v) is 6.14. The molecule has 0 aliphatic rings. The van der Waals surface area contributed by atoms with Crippen molar-refractivity contribution in [1.29, 1.82) is 0 Å². The van der Waals surface area contributed by atoms with E-state index < -0.39 is 11.7 Å². The molecule has 0 bridgehead atoms. The Labute approximate surface area is 115 Å². The molecule has 0 saturated heterocycles. The minimum Gasteiger partial charge on any atom is -0.438 e. The number of nitrogens with one attached hydrogen (secondary N) is 1. The third kappa shape index (κ3) is 4.28. The molecule has 1 amide bonds. The highest BCUT2D eigenvalue weighted by molar-refractivity contribution is 5.70. The topological polar surface area (TPSA) is 38.3 Å². The molecule has 0 spiro atoms. The predicted octanol–water partition coefficient (Wildman–Crippen LogP) is 4.21. The molecule has 1 aromatic carbocycles. The fraction of sp³-hybridized carbons (Fsp3) is 0.312. The number of ether oxygens (including phenoxy) is 1. The number of carbonyl (C=O) groups is 1. The van der Waals surface area contributed by atoms with Crippen LogP contribution in [0.25, 0.3) is 5.57 Å². The van der Waals surface area contributed by atoms with Crippen LogP contribution in [0.3, 0.4) is 0 Å². The lowest BCUT2D eigenvalue weighted by Gasteiger charge is -2.26. The standard InChI is InChI=1S/C16H21NO2/c1-11(2)13-8-7-9-14(10-13)16(5,6)19-15(18)17-12(3)4/h7-10H,1,3H2,2,4-6H3,(H,17,18). The zero-order chi connectivity index (χ0) is 14.6. The van der Waals surface area contributed by atoms with Crippen molar-refractivity contribution in [2.75, 3.05) is 0 Å². The Balaban J connectivity index is 2.93. The number of alkyl carbamates (subject to hydrolysis) is 1. The Morgan fingerprint density at radius 3 is 2.42 bits per heavy atom. The van der Waals surface area contributed by atoms with Crippen LogP contribution in [-0.2, 0) is 10.3 Å². The van der Waals surface area contributed by atoms with Gasteiger partial charge in [0.15, 0.2) is 0 Å². The number of benzene rings is 1. The van der Waals surface area contributed by atoms with Gasteiger partial charge < -0.3 is 4.74 Å². The van der Waals surface area contributed by atoms with Crippen LogP contribution in [0.2, 0.25) is 0 Å². The lowest BCUT2D eigenvalue weighted by molar-refractivity contribution is 0.0382. The van der Waals surface area contributed by atoms with Crippen molar-refractivity contribution in [2.45, 2.75) is 33.3 Å². The molecule has 102 valence electrons. The van der Waals surface area contributed by atoms with Gasteiger partial charge in [0, 0.05) is 5.70 Å². The first-order valence-electron chi connectivity index (χ1n) is 6.14. The Morgan fingerprint density at radius 2 is 1.89 bits per heavy atom. The second-order valence-electron chi connectivity index (χ2n) is 5.17. The van der Waals surface area contributed by atoms with E-state index >= 15 is 0 Å². The summed E-state index contributed by atoms with van der Waals surface area (Å²) in [6.45, 7) is 14.9. The fourth-order valence-corrected chi connectivity index (χ4v) is 1.65. The summed E-state index contributed by atoms with van der Waals surface area (Å²) in [5.41, 5.74) is 2.77. The molecular formula is C16H21NO2. The summed E-state index contributed by atoms with van der Waals surface area (Å²) >= 11 is 0. The molecule has 0 heterocycles. The number of carbonyl (C=O) groups excluding carboxylic acids is 1. The van der Waals surface area contributed by atoms with E-state index in [0.29, 0.717) is 5.70 Å². The minimum absolute atomic E-state index is 0.502. The summed E-state index contributed by atoms with van der Waals surface area (Å²) in [6.07, 6.45) is -0.502. The normalized spacial score (nSPS) is 10.7. The molecular weight excluding hydrogens is 238 g/mol. The Morgan fingerprint density at radius 1 is 1.26 bits per heavy atom. The zero-order valence-electron chi connectivity index (χ0n) is 12.0. The maximum absolute atomic E-state index is 11.6. The maximum Gasteiger partial charge on any atom is 0.412 e. The van der Waals surface area contributed by atoms with Crippen molar-refractivity contribution in [1.82, 2.24) is 5.32 Å². The lowest BCUT2D eigenvalue weighted by Crippen LogP contribution is -2.32. The highest BCUT2D eigenvalue weighted by Crippen LogP contribution is 2.27. The predicted molar refractivity (Wildman–Crippen MR) is 78.6 cm³/mol. The van der Waals surface area contributed by atoms with Crippen LogP contribution in [0.5, 0.6) is 0 Å². The van der Waals surface area contributed by atoms with Crippen molar-refractivity contribution >= 4 is 11.7 Å². The van der Waals surface area contributed by atoms with E-state index in [9.17, 15) is 4.79 Å². The molecule has 0 fully saturated rings. The second-order valence-corrected chi connectivity index (χ2v) is 5.17. The van der Waals surface area contributed by atoms with Gasteiger partial charge in [-0.25, -0.2) is 4.79 Å². The molecule has 19 heavy (non-hydrogen) atoms. The average molecular weight is 259 g/mol. The van der Waals surface area contributed by atoms with E-state index in [1.807, 2.05) is 45.0 Å². The maximum atomic E-state index is 11.6. The summed E-state index contributed by atoms with van der Waals surface area (Å²) in [6, 6.07) is 7.83. The van der Waals surface area contributed by atoms with Crippen LogP contribution in [-0.4, -0.2) is 6.09 Å². The van der Waals surface area contributed by atoms with Gasteiger partial charge in [0.1, 0.15) is 5.60 Å². The van der Waals surface area contributed by atoms with Crippen molar-refractivity contribution < 1.29 is 9.53 Å². The van der Waals surface area contributed by atoms with Gasteiger partial charge in [-0.1, -0.05) is 36.9 Å². The smallest absolute Gasteiger partial charge is 0.412 e. The zero-order valence-corrected chi connectivity index (χ0v) is 12.0. The van der Waals surface area contributed by atoms with Crippen LogP contribution >= 0.6 is 0 Å². The number of rotatable bonds is 4. The van der Waals surface area contributed by atoms with Gasteiger partial charge in [-0.15, -0.1) is 0 Å². The first kappa shape index (κ1) is 15.0. The summed E-state index contributed by atoms with van der Waals surface area (Å²) in [5.74, 6) is 0. The highest BCUT2D eigenvalue weighted by atomic mass is 16.6. The molecule has 3 nitrogen and oxygen atoms in total. The van der Waals surface area contributed by atoms with E-state index in [1.165, 1.54) is 0 Å². The number of allylic oxidation sites excluding steroid dienone is 2. The number of hydrogen-bond acceptors (Lipinski definition) is 2. The first-order chi connectivity index (χ1) is 8.72. The molecule has 0 unspecified atom stereocenters. The third-order valence-electron chi connectivity index (χ3n) is 2.71. The van der Waals surface area contributed by atoms with E-state index in [2.05, 4.69) is 18.5 Å². The number of amides is 1. The van der Waals surface area contributed by atoms with Gasteiger partial charge in [-0.3, -0.25) is 5.32 Å². The van der Waals surface area contributed by atoms with Gasteiger partial charge in [-0.2, -0.15) is 0 Å². The van der Waals surface area contributed by atoms with Gasteiger partial charge in [0.25, 0.3) is 0 Å². The molecule has 1 aromatic rings. The van der Waals surface area contributed by atoms with Gasteiger partial charge >= 0.3 is 6.09 Å². The van der Waals surface area contributed by atoms with Crippen molar-refractivity contribution in [3.8, 4) is 0 Å². The van der Waals surface area contributed by atoms with Crippen LogP contribution in [0.4, 0.5) is 4.79 Å². The van der Waals surface area contributed by atoms with Crippen LogP contribution in [0, 0.1) is 0 Å². The van der Waals surface area contributed by atoms with E-state index in [0.717, 1.165) is 16.7 Å². The quantitative estimate of drug-likeness (QED) is 0.879. The lowest BCUT2D eigenvalue weighted by atomic mass is 9.94. The minimum atomic E-state index is -0.717. The van der Waals surface area contributed by atoms with Crippen molar-refractivity contribution in [2.24, 2.45) is 0 Å². The molecule has 3 heteroatoms. The summed E-state index contributed by atoms with van der Waals surface area (Å²) in [4.78, 5) is 11.6. The molecule has 0 aromatic heterocycles. The SMILES string of the molecule is C=C(C)NC(=O)OC(C)(C)c1cccc(C(=C)C)c1. The fourth-order valence-electron chi connectivity index (χ4n) is 1.65. The van der Waals surface area contributed by atoms with Crippen LogP contribution < -0.4 is 5.32 Å². The molecule has 1 rings (SSSR count). The van der Waals surface area contributed by atoms with E-state index in [-0.39, 0.29) is 0 Å². The summed E-state index contributed by atoms with van der Waals surface area (Å²) < 4.78 is 5.43. The Bertz CT molecular complexity index is 515. The highest BCUT2D eigenvalue weighted by Gasteiger charge is 2.25. The Hall–Kier alpha value is -2.03. The molecule has 0 atom stereocenters. The van der Waals surface area contributed by atoms with Crippen molar-refractivity contribution in [3.63, 3.8) is 0 Å². The van der Waals surface area contributed by atoms with E-state index in [1.54, 1.807) is 6.92 Å². The molecule has 0 radical (unpaired) electrons. The summed E-state index contributed by atoms with van der Waals surface area (Å²) in [7, 11) is 0. The average Bonchev–Trinajstić information content (AvgIpc) is 2.27. The second kappa shape index (κ2) is 5.74. The van der Waals surface area contributed by atoms with Gasteiger partial charge in [0.05, 0.1) is 0 Å². The number of hydrogen-bond donors (Lipinski definition) is 1. The third-order valence-corrected chi connectivity index (χ3v) is 2.71. The summed E-state index contributed by atoms with van der Waals surface area (Å²) in [5, 5.41) is 2.53. The van der Waals surface area contributed by atoms with Crippen LogP contribution in [0.1, 0.15) is 38.8 Å². The molecule has 0 aliphatic heterocycles. The Kier molecular flexibility index (Phi) is 4.54. The van der Waals surface area contributed by atoms with E-state index in [4.69, 9.17) is 4.74 Å². The van der Waals surface area contributed by atoms with Crippen molar-refractivity contribution in [3.05, 3.63) is 54.2 Å². The van der Waals surface area contributed by atoms with Gasteiger partial charge in [0.2, 0.25) is 0 Å². The van der Waals surface area contributed by atoms with Gasteiger partial charge in [-0.05, 0) is 44.9 Å². The largest absolute Gasteiger partial charge is 0.438 e. The van der Waals surface area contributed by atoms with Crippen LogP contribution in [0.15, 0.2) is 43.1 Å².